The lowest BCUT2D eigenvalue weighted by Crippen LogP contribution is -2.15. The Morgan fingerprint density at radius 3 is 1.63 bits per heavy atom. The number of nitrogens with two attached hydrogens (primary N) is 1. The van der Waals surface area contributed by atoms with Crippen molar-refractivity contribution in [1.29, 1.82) is 0 Å². The predicted octanol–water partition coefficient (Wildman–Crippen LogP) is 15.1. The number of hydrogen-bond donors (Lipinski definition) is 1. The second kappa shape index (κ2) is 15.5. The Morgan fingerprint density at radius 2 is 0.984 bits per heavy atom. The molecule has 0 saturated carbocycles. The van der Waals surface area contributed by atoms with Crippen LogP contribution in [-0.4, -0.2) is 9.13 Å². The Kier molecular flexibility index (Phi) is 9.39. The first kappa shape index (κ1) is 38.1. The molecule has 0 unspecified atom stereocenters. The number of rotatable bonds is 9. The van der Waals surface area contributed by atoms with Crippen molar-refractivity contribution in [3.63, 3.8) is 0 Å². The molecule has 11 rings (SSSR count). The van der Waals surface area contributed by atoms with Crippen molar-refractivity contribution in [3.8, 4) is 33.6 Å². The molecule has 1 aliphatic carbocycles. The molecule has 0 bridgehead atoms. The maximum Gasteiger partial charge on any atom is 0.0541 e. The standard InChI is InChI=1S/C60H47N3/c1-60(2)54-24-14-12-21-48(54)49(36-37-61)55(60)23-11-3-6-16-41-26-31-47(32-27-41)63-58-33-28-43(42-17-7-4-8-18-42)38-52(58)53-40-45(30-35-59(53)63)44-29-34-57-51(39-44)50-22-13-15-25-56(50)62(57)46-19-9-5-10-20-46/h3-15,17-40H,16,61H2,1-2H3/b6-3+,23-11+,37-36-. The van der Waals surface area contributed by atoms with Crippen LogP contribution in [0.25, 0.3) is 82.8 Å². The lowest BCUT2D eigenvalue weighted by molar-refractivity contribution is 0.654. The Bertz CT molecular complexity index is 3480. The summed E-state index contributed by atoms with van der Waals surface area (Å²) >= 11 is 0. The first-order valence-electron chi connectivity index (χ1n) is 21.9. The summed E-state index contributed by atoms with van der Waals surface area (Å²) in [6.45, 7) is 4.58. The summed E-state index contributed by atoms with van der Waals surface area (Å²) < 4.78 is 4.80. The van der Waals surface area contributed by atoms with Crippen molar-refractivity contribution in [2.24, 2.45) is 5.73 Å². The zero-order valence-electron chi connectivity index (χ0n) is 35.5. The Balaban J connectivity index is 0.941. The third kappa shape index (κ3) is 6.52. The van der Waals surface area contributed by atoms with E-state index in [0.717, 1.165) is 12.1 Å². The van der Waals surface area contributed by atoms with Crippen molar-refractivity contribution >= 4 is 49.2 Å². The fourth-order valence-corrected chi connectivity index (χ4v) is 9.98. The number of para-hydroxylation sites is 2. The van der Waals surface area contributed by atoms with Gasteiger partial charge in [-0.15, -0.1) is 0 Å². The van der Waals surface area contributed by atoms with Crippen LogP contribution < -0.4 is 5.73 Å². The lowest BCUT2D eigenvalue weighted by Gasteiger charge is -2.22. The van der Waals surface area contributed by atoms with Crippen molar-refractivity contribution in [2.75, 3.05) is 0 Å². The second-order valence-electron chi connectivity index (χ2n) is 17.1. The number of hydrogen-bond acceptors (Lipinski definition) is 1. The predicted molar refractivity (Wildman–Crippen MR) is 268 cm³/mol. The number of fused-ring (bicyclic) bond motifs is 7. The van der Waals surface area contributed by atoms with Gasteiger partial charge in [-0.1, -0.05) is 159 Å². The van der Waals surface area contributed by atoms with E-state index in [1.807, 2.05) is 6.08 Å². The molecule has 3 heteroatoms. The van der Waals surface area contributed by atoms with Gasteiger partial charge >= 0.3 is 0 Å². The van der Waals surface area contributed by atoms with Gasteiger partial charge in [0.1, 0.15) is 0 Å². The second-order valence-corrected chi connectivity index (χ2v) is 17.1. The molecule has 0 spiro atoms. The SMILES string of the molecule is CC1(C)C(/C=C/C=C/Cc2ccc(-n3c4ccc(-c5ccccc5)cc4c4cc(-c5ccc6c(c5)c5ccccc5n6-c5ccccc5)ccc43)cc2)=C(/C=C\N)c2ccccc21. The van der Waals surface area contributed by atoms with Crippen LogP contribution in [0.5, 0.6) is 0 Å². The van der Waals surface area contributed by atoms with E-state index < -0.39 is 0 Å². The van der Waals surface area contributed by atoms with Crippen LogP contribution in [0.2, 0.25) is 0 Å². The number of benzene rings is 8. The van der Waals surface area contributed by atoms with E-state index in [0.29, 0.717) is 0 Å². The summed E-state index contributed by atoms with van der Waals surface area (Å²) in [5, 5.41) is 4.98. The fraction of sp³-hybridized carbons (Fsp3) is 0.0667. The van der Waals surface area contributed by atoms with E-state index in [-0.39, 0.29) is 5.41 Å². The molecule has 0 fully saturated rings. The van der Waals surface area contributed by atoms with E-state index in [2.05, 4.69) is 235 Å². The summed E-state index contributed by atoms with van der Waals surface area (Å²) in [4.78, 5) is 0. The number of allylic oxidation sites excluding steroid dienone is 7. The van der Waals surface area contributed by atoms with Gasteiger partial charge in [0, 0.05) is 38.3 Å². The molecule has 2 heterocycles. The Labute approximate surface area is 368 Å². The third-order valence-corrected chi connectivity index (χ3v) is 13.1. The first-order chi connectivity index (χ1) is 31.0. The highest BCUT2D eigenvalue weighted by Gasteiger charge is 2.35. The Morgan fingerprint density at radius 1 is 0.460 bits per heavy atom. The van der Waals surface area contributed by atoms with E-state index in [4.69, 9.17) is 5.73 Å². The minimum Gasteiger partial charge on any atom is -0.405 e. The van der Waals surface area contributed by atoms with E-state index >= 15 is 0 Å². The largest absolute Gasteiger partial charge is 0.405 e. The van der Waals surface area contributed by atoms with Gasteiger partial charge in [0.25, 0.3) is 0 Å². The highest BCUT2D eigenvalue weighted by molar-refractivity contribution is 6.13. The lowest BCUT2D eigenvalue weighted by atomic mass is 9.81. The van der Waals surface area contributed by atoms with Gasteiger partial charge < -0.3 is 14.9 Å². The molecule has 10 aromatic rings. The molecule has 3 nitrogen and oxygen atoms in total. The molecule has 2 N–H and O–H groups in total. The first-order valence-corrected chi connectivity index (χ1v) is 21.9. The summed E-state index contributed by atoms with van der Waals surface area (Å²) in [5.41, 5.74) is 24.1. The number of nitrogens with zero attached hydrogens (tertiary/aromatic N) is 2. The van der Waals surface area contributed by atoms with Gasteiger partial charge in [0.2, 0.25) is 0 Å². The van der Waals surface area contributed by atoms with Crippen LogP contribution in [0.3, 0.4) is 0 Å². The normalized spacial score (nSPS) is 13.9. The topological polar surface area (TPSA) is 35.9 Å². The Hall–Kier alpha value is -7.88. The third-order valence-electron chi connectivity index (χ3n) is 13.1. The van der Waals surface area contributed by atoms with Crippen LogP contribution in [0, 0.1) is 0 Å². The zero-order valence-corrected chi connectivity index (χ0v) is 35.5. The van der Waals surface area contributed by atoms with E-state index in [1.54, 1.807) is 6.20 Å². The summed E-state index contributed by atoms with van der Waals surface area (Å²) in [6.07, 6.45) is 13.3. The smallest absolute Gasteiger partial charge is 0.0541 e. The molecule has 0 atom stereocenters. The van der Waals surface area contributed by atoms with Crippen LogP contribution in [-0.2, 0) is 11.8 Å². The van der Waals surface area contributed by atoms with E-state index in [9.17, 15) is 0 Å². The van der Waals surface area contributed by atoms with Crippen LogP contribution >= 0.6 is 0 Å². The average Bonchev–Trinajstić information content (AvgIpc) is 3.91. The van der Waals surface area contributed by atoms with Crippen LogP contribution in [0.1, 0.15) is 30.5 Å². The molecular formula is C60H47N3. The molecule has 0 aliphatic heterocycles. The molecule has 0 amide bonds. The molecule has 302 valence electrons. The van der Waals surface area contributed by atoms with Crippen molar-refractivity contribution in [3.05, 3.63) is 247 Å². The molecule has 0 saturated heterocycles. The van der Waals surface area contributed by atoms with E-state index in [1.165, 1.54) is 99.4 Å². The average molecular weight is 810 g/mol. The van der Waals surface area contributed by atoms with Gasteiger partial charge in [-0.3, -0.25) is 0 Å². The minimum atomic E-state index is -0.0944. The summed E-state index contributed by atoms with van der Waals surface area (Å²) in [6, 6.07) is 68.6. The monoisotopic (exact) mass is 809 g/mol. The van der Waals surface area contributed by atoms with Crippen molar-refractivity contribution in [2.45, 2.75) is 25.7 Å². The maximum absolute atomic E-state index is 5.90. The highest BCUT2D eigenvalue weighted by Crippen LogP contribution is 2.47. The van der Waals surface area contributed by atoms with Gasteiger partial charge in [0.05, 0.1) is 22.1 Å². The zero-order chi connectivity index (χ0) is 42.5. The summed E-state index contributed by atoms with van der Waals surface area (Å²) in [7, 11) is 0. The quantitative estimate of drug-likeness (QED) is 0.145. The van der Waals surface area contributed by atoms with Gasteiger partial charge in [-0.05, 0) is 136 Å². The molecule has 63 heavy (non-hydrogen) atoms. The van der Waals surface area contributed by atoms with Gasteiger partial charge in [-0.2, -0.15) is 0 Å². The molecule has 2 aromatic heterocycles. The van der Waals surface area contributed by atoms with Gasteiger partial charge in [0.15, 0.2) is 0 Å². The number of aromatic nitrogens is 2. The van der Waals surface area contributed by atoms with Crippen LogP contribution in [0.4, 0.5) is 0 Å². The fourth-order valence-electron chi connectivity index (χ4n) is 9.98. The highest BCUT2D eigenvalue weighted by atomic mass is 15.0. The van der Waals surface area contributed by atoms with Gasteiger partial charge in [-0.25, -0.2) is 0 Å². The molecular weight excluding hydrogens is 763 g/mol. The molecule has 0 radical (unpaired) electrons. The maximum atomic E-state index is 5.90. The molecule has 8 aromatic carbocycles. The van der Waals surface area contributed by atoms with Crippen molar-refractivity contribution in [1.82, 2.24) is 9.13 Å². The van der Waals surface area contributed by atoms with Crippen molar-refractivity contribution < 1.29 is 0 Å². The molecule has 1 aliphatic rings. The minimum absolute atomic E-state index is 0.0944. The summed E-state index contributed by atoms with van der Waals surface area (Å²) in [5.74, 6) is 0. The van der Waals surface area contributed by atoms with Crippen LogP contribution in [0.15, 0.2) is 230 Å².